The lowest BCUT2D eigenvalue weighted by Crippen LogP contribution is -2.15. The second kappa shape index (κ2) is 9.80. The van der Waals surface area contributed by atoms with Crippen molar-refractivity contribution in [3.05, 3.63) is 89.5 Å². The lowest BCUT2D eigenvalue weighted by atomic mass is 9.88. The van der Waals surface area contributed by atoms with Crippen molar-refractivity contribution >= 4 is 11.1 Å². The molecular formula is C25H27NO3. The number of allylic oxidation sites excluding steroid dienone is 1. The average molecular weight is 389 g/mol. The number of likely N-dealkylation sites (N-methyl/N-ethyl adjacent to an activating group) is 1. The number of hydrogen-bond acceptors (Lipinski definition) is 4. The van der Waals surface area contributed by atoms with Gasteiger partial charge in [0.15, 0.2) is 11.5 Å². The third-order valence-corrected chi connectivity index (χ3v) is 4.81. The molecule has 0 heterocycles. The van der Waals surface area contributed by atoms with E-state index in [0.29, 0.717) is 6.61 Å². The third kappa shape index (κ3) is 4.98. The van der Waals surface area contributed by atoms with Crippen molar-refractivity contribution in [2.24, 2.45) is 0 Å². The summed E-state index contributed by atoms with van der Waals surface area (Å²) in [4.78, 5) is 0. The molecule has 0 radical (unpaired) electrons. The van der Waals surface area contributed by atoms with Crippen molar-refractivity contribution in [1.82, 2.24) is 5.32 Å². The largest absolute Gasteiger partial charge is 0.504 e. The van der Waals surface area contributed by atoms with Gasteiger partial charge in [0.05, 0.1) is 0 Å². The number of rotatable bonds is 8. The molecule has 0 atom stereocenters. The highest BCUT2D eigenvalue weighted by Crippen LogP contribution is 2.37. The molecule has 3 aromatic rings. The van der Waals surface area contributed by atoms with E-state index in [9.17, 15) is 10.2 Å². The van der Waals surface area contributed by atoms with E-state index >= 15 is 0 Å². The van der Waals surface area contributed by atoms with Crippen LogP contribution in [0.3, 0.4) is 0 Å². The van der Waals surface area contributed by atoms with E-state index in [4.69, 9.17) is 4.74 Å². The fraction of sp³-hybridized carbons (Fsp3) is 0.200. The summed E-state index contributed by atoms with van der Waals surface area (Å²) in [6.45, 7) is 3.51. The molecule has 3 aromatic carbocycles. The summed E-state index contributed by atoms with van der Waals surface area (Å²) in [6.07, 6.45) is 0.821. The molecule has 150 valence electrons. The fourth-order valence-corrected chi connectivity index (χ4v) is 3.35. The van der Waals surface area contributed by atoms with Gasteiger partial charge in [-0.15, -0.1) is 0 Å². The van der Waals surface area contributed by atoms with Gasteiger partial charge in [-0.2, -0.15) is 0 Å². The molecule has 0 bridgehead atoms. The number of ether oxygens (including phenoxy) is 1. The van der Waals surface area contributed by atoms with Crippen molar-refractivity contribution in [1.29, 1.82) is 0 Å². The molecule has 0 saturated carbocycles. The van der Waals surface area contributed by atoms with E-state index in [1.807, 2.05) is 55.6 Å². The van der Waals surface area contributed by atoms with Crippen molar-refractivity contribution in [3.63, 3.8) is 0 Å². The fourth-order valence-electron chi connectivity index (χ4n) is 3.35. The van der Waals surface area contributed by atoms with Crippen LogP contribution < -0.4 is 10.1 Å². The minimum atomic E-state index is -0.129. The number of hydrogen-bond donors (Lipinski definition) is 3. The first-order valence-electron chi connectivity index (χ1n) is 9.82. The van der Waals surface area contributed by atoms with Crippen LogP contribution in [0.2, 0.25) is 0 Å². The van der Waals surface area contributed by atoms with Crippen LogP contribution in [0, 0.1) is 0 Å². The summed E-state index contributed by atoms with van der Waals surface area (Å²) in [5.74, 6) is 0.560. The Bertz CT molecular complexity index is 963. The average Bonchev–Trinajstić information content (AvgIpc) is 2.75. The lowest BCUT2D eigenvalue weighted by Gasteiger charge is -2.17. The van der Waals surface area contributed by atoms with Gasteiger partial charge in [-0.25, -0.2) is 0 Å². The molecule has 0 aliphatic heterocycles. The molecule has 0 aliphatic rings. The maximum absolute atomic E-state index is 10.1. The quantitative estimate of drug-likeness (QED) is 0.286. The summed E-state index contributed by atoms with van der Waals surface area (Å²) in [5, 5.41) is 22.9. The molecule has 4 nitrogen and oxygen atoms in total. The molecule has 0 fully saturated rings. The van der Waals surface area contributed by atoms with Gasteiger partial charge in [0, 0.05) is 6.54 Å². The molecule has 0 aromatic heterocycles. The van der Waals surface area contributed by atoms with Crippen LogP contribution in [0.15, 0.2) is 72.8 Å². The van der Waals surface area contributed by atoms with Crippen molar-refractivity contribution in [2.75, 3.05) is 20.2 Å². The summed E-state index contributed by atoms with van der Waals surface area (Å²) in [5.41, 5.74) is 5.20. The highest BCUT2D eigenvalue weighted by molar-refractivity contribution is 5.98. The molecular weight excluding hydrogens is 362 g/mol. The Labute approximate surface area is 172 Å². The maximum Gasteiger partial charge on any atom is 0.158 e. The summed E-state index contributed by atoms with van der Waals surface area (Å²) >= 11 is 0. The van der Waals surface area contributed by atoms with Gasteiger partial charge in [-0.1, -0.05) is 55.5 Å². The number of phenols is 2. The van der Waals surface area contributed by atoms with Crippen LogP contribution in [-0.4, -0.2) is 30.4 Å². The Balaban J connectivity index is 2.10. The van der Waals surface area contributed by atoms with E-state index < -0.39 is 0 Å². The third-order valence-electron chi connectivity index (χ3n) is 4.81. The Morgan fingerprint density at radius 1 is 0.828 bits per heavy atom. The Morgan fingerprint density at radius 3 is 2.14 bits per heavy atom. The Hall–Kier alpha value is -3.24. The zero-order valence-electron chi connectivity index (χ0n) is 16.9. The van der Waals surface area contributed by atoms with Gasteiger partial charge < -0.3 is 20.3 Å². The zero-order valence-corrected chi connectivity index (χ0v) is 16.9. The van der Waals surface area contributed by atoms with Crippen LogP contribution in [0.5, 0.6) is 17.2 Å². The predicted octanol–water partition coefficient (Wildman–Crippen LogP) is 5.07. The van der Waals surface area contributed by atoms with Gasteiger partial charge in [-0.05, 0) is 65.6 Å². The topological polar surface area (TPSA) is 61.7 Å². The monoisotopic (exact) mass is 389 g/mol. The lowest BCUT2D eigenvalue weighted by molar-refractivity contribution is 0.318. The second-order valence-corrected chi connectivity index (χ2v) is 6.75. The summed E-state index contributed by atoms with van der Waals surface area (Å²) in [7, 11) is 1.90. The van der Waals surface area contributed by atoms with Crippen LogP contribution in [0.25, 0.3) is 11.1 Å². The van der Waals surface area contributed by atoms with E-state index in [-0.39, 0.29) is 11.5 Å². The van der Waals surface area contributed by atoms with E-state index in [1.165, 1.54) is 11.6 Å². The standard InChI is InChI=1S/C25H27NO3/c1-3-22(18-7-5-4-6-8-18)25(20-11-14-23(27)24(28)17-20)19-9-12-21(13-10-19)29-16-15-26-2/h4-14,17,26-28H,3,15-16H2,1-2H3/b25-22-. The predicted molar refractivity (Wildman–Crippen MR) is 118 cm³/mol. The highest BCUT2D eigenvalue weighted by atomic mass is 16.5. The van der Waals surface area contributed by atoms with Gasteiger partial charge >= 0.3 is 0 Å². The Morgan fingerprint density at radius 2 is 1.52 bits per heavy atom. The molecule has 29 heavy (non-hydrogen) atoms. The molecule has 0 amide bonds. The van der Waals surface area contributed by atoms with Crippen molar-refractivity contribution in [2.45, 2.75) is 13.3 Å². The van der Waals surface area contributed by atoms with Gasteiger partial charge in [0.25, 0.3) is 0 Å². The molecule has 0 saturated heterocycles. The first-order valence-corrected chi connectivity index (χ1v) is 9.82. The van der Waals surface area contributed by atoms with Crippen LogP contribution in [0.1, 0.15) is 30.0 Å². The normalized spacial score (nSPS) is 11.8. The Kier molecular flexibility index (Phi) is 6.93. The highest BCUT2D eigenvalue weighted by Gasteiger charge is 2.15. The van der Waals surface area contributed by atoms with E-state index in [2.05, 4.69) is 24.4 Å². The van der Waals surface area contributed by atoms with E-state index in [0.717, 1.165) is 41.0 Å². The van der Waals surface area contributed by atoms with Gasteiger partial charge in [0.2, 0.25) is 0 Å². The molecule has 0 unspecified atom stereocenters. The van der Waals surface area contributed by atoms with Crippen LogP contribution >= 0.6 is 0 Å². The van der Waals surface area contributed by atoms with Crippen LogP contribution in [0.4, 0.5) is 0 Å². The van der Waals surface area contributed by atoms with Crippen molar-refractivity contribution in [3.8, 4) is 17.2 Å². The number of benzene rings is 3. The number of nitrogens with one attached hydrogen (secondary N) is 1. The molecule has 0 spiro atoms. The molecule has 3 N–H and O–H groups in total. The van der Waals surface area contributed by atoms with Crippen molar-refractivity contribution < 1.29 is 14.9 Å². The first kappa shape index (κ1) is 20.5. The SMILES string of the molecule is CC/C(=C(\c1ccc(OCCNC)cc1)c1ccc(O)c(O)c1)c1ccccc1. The smallest absolute Gasteiger partial charge is 0.158 e. The summed E-state index contributed by atoms with van der Waals surface area (Å²) < 4.78 is 5.74. The molecule has 0 aliphatic carbocycles. The minimum absolute atomic E-state index is 0.126. The number of phenolic OH excluding ortho intramolecular Hbond substituents is 2. The first-order chi connectivity index (χ1) is 14.1. The van der Waals surface area contributed by atoms with E-state index in [1.54, 1.807) is 6.07 Å². The molecule has 3 rings (SSSR count). The van der Waals surface area contributed by atoms with Crippen LogP contribution in [-0.2, 0) is 0 Å². The number of aromatic hydroxyl groups is 2. The van der Waals surface area contributed by atoms with Gasteiger partial charge in [-0.3, -0.25) is 0 Å². The second-order valence-electron chi connectivity index (χ2n) is 6.75. The zero-order chi connectivity index (χ0) is 20.6. The summed E-state index contributed by atoms with van der Waals surface area (Å²) in [6, 6.07) is 23.2. The maximum atomic E-state index is 10.1. The minimum Gasteiger partial charge on any atom is -0.504 e. The van der Waals surface area contributed by atoms with Gasteiger partial charge in [0.1, 0.15) is 12.4 Å². The molecule has 4 heteroatoms.